The van der Waals surface area contributed by atoms with Gasteiger partial charge in [0.15, 0.2) is 0 Å². The van der Waals surface area contributed by atoms with Gasteiger partial charge in [-0.3, -0.25) is 5.32 Å². The Balaban J connectivity index is 1.76. The highest BCUT2D eigenvalue weighted by molar-refractivity contribution is 5.80. The molecule has 1 aliphatic carbocycles. The van der Waals surface area contributed by atoms with Crippen molar-refractivity contribution in [2.75, 3.05) is 6.61 Å². The Morgan fingerprint density at radius 3 is 2.09 bits per heavy atom. The Labute approximate surface area is 132 Å². The van der Waals surface area contributed by atoms with Crippen LogP contribution in [0.2, 0.25) is 0 Å². The molecule has 0 aliphatic heterocycles. The molecule has 23 heavy (non-hydrogen) atoms. The number of carbonyl (C=O) groups is 2. The third kappa shape index (κ3) is 2.89. The predicted molar refractivity (Wildman–Crippen MR) is 81.8 cm³/mol. The molecule has 0 bridgehead atoms. The van der Waals surface area contributed by atoms with Gasteiger partial charge in [-0.15, -0.1) is 0 Å². The summed E-state index contributed by atoms with van der Waals surface area (Å²) < 4.78 is 5.09. The van der Waals surface area contributed by atoms with Crippen LogP contribution in [0, 0.1) is 0 Å². The molecule has 0 unspecified atom stereocenters. The van der Waals surface area contributed by atoms with Crippen LogP contribution < -0.4 is 5.32 Å². The van der Waals surface area contributed by atoms with Crippen molar-refractivity contribution in [2.24, 2.45) is 0 Å². The number of hydrogen-bond acceptors (Lipinski definition) is 4. The molecule has 6 nitrogen and oxygen atoms in total. The van der Waals surface area contributed by atoms with Crippen molar-refractivity contribution in [3.63, 3.8) is 0 Å². The van der Waals surface area contributed by atoms with Crippen LogP contribution >= 0.6 is 0 Å². The molecule has 6 heteroatoms. The van der Waals surface area contributed by atoms with Crippen molar-refractivity contribution in [1.29, 1.82) is 0 Å². The van der Waals surface area contributed by atoms with Gasteiger partial charge in [0.2, 0.25) is 6.23 Å². The van der Waals surface area contributed by atoms with Gasteiger partial charge >= 0.3 is 12.1 Å². The molecule has 2 aromatic rings. The summed E-state index contributed by atoms with van der Waals surface area (Å²) in [5.74, 6) is -1.66. The normalized spacial score (nSPS) is 13.8. The molecule has 1 aliphatic rings. The number of rotatable bonds is 4. The number of benzene rings is 2. The standard InChI is InChI=1S/C17H15NO5/c19-15(16(20)21)18-17(22)23-9-14-12-7-3-1-5-10(12)11-6-2-4-8-13(11)14/h1-8,14-15,19H,9H2,(H,18,22)(H,20,21)/t15-/m0/s1. The van der Waals surface area contributed by atoms with Gasteiger partial charge in [-0.25, -0.2) is 9.59 Å². The third-order valence-corrected chi connectivity index (χ3v) is 3.83. The number of carbonyl (C=O) groups excluding carboxylic acids is 1. The molecule has 118 valence electrons. The van der Waals surface area contributed by atoms with Gasteiger partial charge in [0.25, 0.3) is 0 Å². The number of ether oxygens (including phenoxy) is 1. The quantitative estimate of drug-likeness (QED) is 0.750. The molecule has 3 rings (SSSR count). The van der Waals surface area contributed by atoms with Crippen LogP contribution in [0.3, 0.4) is 0 Å². The first-order valence-corrected chi connectivity index (χ1v) is 7.10. The summed E-state index contributed by atoms with van der Waals surface area (Å²) in [4.78, 5) is 22.1. The Hall–Kier alpha value is -2.86. The molecule has 0 spiro atoms. The second-order valence-corrected chi connectivity index (χ2v) is 5.21. The van der Waals surface area contributed by atoms with E-state index in [1.165, 1.54) is 0 Å². The van der Waals surface area contributed by atoms with E-state index in [0.717, 1.165) is 22.3 Å². The van der Waals surface area contributed by atoms with Crippen molar-refractivity contribution in [1.82, 2.24) is 5.32 Å². The third-order valence-electron chi connectivity index (χ3n) is 3.83. The minimum absolute atomic E-state index is 0.0617. The van der Waals surface area contributed by atoms with E-state index in [1.54, 1.807) is 0 Å². The molecule has 0 saturated carbocycles. The minimum atomic E-state index is -1.98. The van der Waals surface area contributed by atoms with E-state index in [4.69, 9.17) is 14.9 Å². The summed E-state index contributed by atoms with van der Waals surface area (Å²) in [5.41, 5.74) is 4.31. The lowest BCUT2D eigenvalue weighted by molar-refractivity contribution is -0.148. The lowest BCUT2D eigenvalue weighted by Gasteiger charge is -2.15. The number of alkyl carbamates (subject to hydrolysis) is 1. The molecule has 1 atom stereocenters. The maximum atomic E-state index is 11.6. The lowest BCUT2D eigenvalue weighted by Crippen LogP contribution is -2.41. The number of hydrogen-bond donors (Lipinski definition) is 3. The van der Waals surface area contributed by atoms with Crippen LogP contribution in [0.4, 0.5) is 4.79 Å². The van der Waals surface area contributed by atoms with E-state index >= 15 is 0 Å². The molecular formula is C17H15NO5. The highest BCUT2D eigenvalue weighted by atomic mass is 16.6. The number of nitrogens with one attached hydrogen (secondary N) is 1. The van der Waals surface area contributed by atoms with E-state index in [0.29, 0.717) is 0 Å². The van der Waals surface area contributed by atoms with Crippen LogP contribution in [0.1, 0.15) is 17.0 Å². The lowest BCUT2D eigenvalue weighted by atomic mass is 9.98. The van der Waals surface area contributed by atoms with E-state index < -0.39 is 18.3 Å². The smallest absolute Gasteiger partial charge is 0.409 e. The fourth-order valence-electron chi connectivity index (χ4n) is 2.81. The highest BCUT2D eigenvalue weighted by Gasteiger charge is 2.29. The van der Waals surface area contributed by atoms with Crippen LogP contribution in [0.5, 0.6) is 0 Å². The fourth-order valence-corrected chi connectivity index (χ4v) is 2.81. The Bertz CT molecular complexity index is 713. The van der Waals surface area contributed by atoms with E-state index in [-0.39, 0.29) is 12.5 Å². The number of fused-ring (bicyclic) bond motifs is 3. The summed E-state index contributed by atoms with van der Waals surface area (Å²) in [6.07, 6.45) is -2.95. The number of aliphatic hydroxyl groups excluding tert-OH is 1. The highest BCUT2D eigenvalue weighted by Crippen LogP contribution is 2.44. The van der Waals surface area contributed by atoms with E-state index in [1.807, 2.05) is 53.8 Å². The van der Waals surface area contributed by atoms with Crippen molar-refractivity contribution in [3.05, 3.63) is 59.7 Å². The van der Waals surface area contributed by atoms with Gasteiger partial charge in [0.05, 0.1) is 0 Å². The molecule has 1 amide bonds. The van der Waals surface area contributed by atoms with Gasteiger partial charge in [0.1, 0.15) is 6.61 Å². The van der Waals surface area contributed by atoms with Crippen molar-refractivity contribution >= 4 is 12.1 Å². The van der Waals surface area contributed by atoms with E-state index in [9.17, 15) is 9.59 Å². The SMILES string of the molecule is O=C(N[C@@H](O)C(=O)O)OCC1c2ccccc2-c2ccccc21. The molecule has 0 fully saturated rings. The first-order valence-electron chi connectivity index (χ1n) is 7.10. The van der Waals surface area contributed by atoms with Crippen molar-refractivity contribution < 1.29 is 24.5 Å². The number of carboxylic acid groups (broad SMARTS) is 1. The maximum Gasteiger partial charge on any atom is 0.409 e. The van der Waals surface area contributed by atoms with Crippen molar-refractivity contribution in [2.45, 2.75) is 12.1 Å². The van der Waals surface area contributed by atoms with Crippen LogP contribution in [0.25, 0.3) is 11.1 Å². The van der Waals surface area contributed by atoms with Crippen molar-refractivity contribution in [3.8, 4) is 11.1 Å². The number of aliphatic hydroxyl groups is 1. The molecule has 2 aromatic carbocycles. The number of aliphatic carboxylic acids is 1. The zero-order valence-corrected chi connectivity index (χ0v) is 12.1. The van der Waals surface area contributed by atoms with Crippen LogP contribution in [0.15, 0.2) is 48.5 Å². The monoisotopic (exact) mass is 313 g/mol. The second-order valence-electron chi connectivity index (χ2n) is 5.21. The molecule has 0 radical (unpaired) electrons. The van der Waals surface area contributed by atoms with Crippen LogP contribution in [-0.2, 0) is 9.53 Å². The first-order chi connectivity index (χ1) is 11.1. The van der Waals surface area contributed by atoms with Gasteiger partial charge < -0.3 is 14.9 Å². The average Bonchev–Trinajstić information content (AvgIpc) is 2.87. The van der Waals surface area contributed by atoms with E-state index in [2.05, 4.69) is 0 Å². The predicted octanol–water partition coefficient (Wildman–Crippen LogP) is 1.93. The second kappa shape index (κ2) is 6.10. The summed E-state index contributed by atoms with van der Waals surface area (Å²) in [6.45, 7) is 0.0617. The maximum absolute atomic E-state index is 11.6. The number of carboxylic acids is 1. The molecule has 0 heterocycles. The zero-order valence-electron chi connectivity index (χ0n) is 12.1. The first kappa shape index (κ1) is 15.1. The molecule has 3 N–H and O–H groups in total. The van der Waals surface area contributed by atoms with Crippen LogP contribution in [-0.4, -0.2) is 35.1 Å². The average molecular weight is 313 g/mol. The largest absolute Gasteiger partial charge is 0.478 e. The summed E-state index contributed by atoms with van der Waals surface area (Å²) in [5, 5.41) is 19.5. The summed E-state index contributed by atoms with van der Waals surface area (Å²) in [6, 6.07) is 15.7. The Kier molecular flexibility index (Phi) is 3.99. The van der Waals surface area contributed by atoms with Gasteiger partial charge in [-0.05, 0) is 22.3 Å². The summed E-state index contributed by atoms with van der Waals surface area (Å²) in [7, 11) is 0. The number of amides is 1. The molecular weight excluding hydrogens is 298 g/mol. The topological polar surface area (TPSA) is 95.9 Å². The molecule has 0 saturated heterocycles. The zero-order chi connectivity index (χ0) is 16.4. The minimum Gasteiger partial charge on any atom is -0.478 e. The van der Waals surface area contributed by atoms with Gasteiger partial charge in [-0.1, -0.05) is 48.5 Å². The fraction of sp³-hybridized carbons (Fsp3) is 0.176. The van der Waals surface area contributed by atoms with Gasteiger partial charge in [0, 0.05) is 5.92 Å². The Morgan fingerprint density at radius 2 is 1.57 bits per heavy atom. The Morgan fingerprint density at radius 1 is 1.04 bits per heavy atom. The summed E-state index contributed by atoms with van der Waals surface area (Å²) >= 11 is 0. The molecule has 0 aromatic heterocycles. The van der Waals surface area contributed by atoms with Gasteiger partial charge in [-0.2, -0.15) is 0 Å².